The molecule has 27 heavy (non-hydrogen) atoms. The van der Waals surface area contributed by atoms with Crippen molar-refractivity contribution in [2.75, 3.05) is 24.6 Å². The molecule has 0 amide bonds. The molecule has 1 heterocycles. The van der Waals surface area contributed by atoms with Gasteiger partial charge in [-0.3, -0.25) is 4.31 Å². The maximum atomic E-state index is 13.2. The lowest BCUT2D eigenvalue weighted by molar-refractivity contribution is -0.151. The first-order chi connectivity index (χ1) is 12.9. The highest BCUT2D eigenvalue weighted by atomic mass is 35.5. The van der Waals surface area contributed by atoms with Gasteiger partial charge in [-0.05, 0) is 49.4 Å². The molecule has 0 radical (unpaired) electrons. The van der Waals surface area contributed by atoms with Crippen molar-refractivity contribution in [3.63, 3.8) is 0 Å². The van der Waals surface area contributed by atoms with Gasteiger partial charge in [-0.15, -0.1) is 0 Å². The van der Waals surface area contributed by atoms with E-state index in [1.54, 1.807) is 25.1 Å². The molecule has 0 aromatic heterocycles. The molecule has 0 fully saturated rings. The Kier molecular flexibility index (Phi) is 5.48. The molecule has 7 nitrogen and oxygen atoms in total. The number of anilines is 1. The third-order valence-corrected chi connectivity index (χ3v) is 6.02. The lowest BCUT2D eigenvalue weighted by Gasteiger charge is -2.34. The maximum Gasteiger partial charge on any atom is 0.349 e. The average Bonchev–Trinajstić information content (AvgIpc) is 2.67. The van der Waals surface area contributed by atoms with Crippen LogP contribution in [-0.2, 0) is 19.6 Å². The molecule has 144 valence electrons. The Morgan fingerprint density at radius 3 is 2.59 bits per heavy atom. The summed E-state index contributed by atoms with van der Waals surface area (Å²) in [7, 11) is -2.47. The minimum Gasteiger partial charge on any atom is -0.497 e. The van der Waals surface area contributed by atoms with Crippen molar-refractivity contribution in [1.29, 1.82) is 0 Å². The number of halogens is 1. The lowest BCUT2D eigenvalue weighted by atomic mass is 10.2. The summed E-state index contributed by atoms with van der Waals surface area (Å²) in [4.78, 5) is 12.2. The van der Waals surface area contributed by atoms with Gasteiger partial charge in [0.1, 0.15) is 11.5 Å². The van der Waals surface area contributed by atoms with E-state index in [0.717, 1.165) is 4.31 Å². The summed E-state index contributed by atoms with van der Waals surface area (Å²) in [6.45, 7) is 1.61. The number of hydrogen-bond donors (Lipinski definition) is 0. The molecule has 2 aromatic rings. The number of carbonyl (C=O) groups is 1. The van der Waals surface area contributed by atoms with E-state index in [4.69, 9.17) is 25.8 Å². The van der Waals surface area contributed by atoms with Crippen LogP contribution in [0.1, 0.15) is 6.92 Å². The fraction of sp³-hybridized carbons (Fsp3) is 0.278. The Bertz CT molecular complexity index is 945. The van der Waals surface area contributed by atoms with E-state index in [-0.39, 0.29) is 29.5 Å². The van der Waals surface area contributed by atoms with Gasteiger partial charge in [-0.25, -0.2) is 13.2 Å². The van der Waals surface area contributed by atoms with Crippen LogP contribution in [0.15, 0.2) is 47.4 Å². The van der Waals surface area contributed by atoms with Crippen molar-refractivity contribution in [3.8, 4) is 11.5 Å². The largest absolute Gasteiger partial charge is 0.497 e. The molecule has 0 aliphatic carbocycles. The van der Waals surface area contributed by atoms with Gasteiger partial charge in [0.25, 0.3) is 10.0 Å². The Morgan fingerprint density at radius 1 is 1.26 bits per heavy atom. The topological polar surface area (TPSA) is 82.1 Å². The van der Waals surface area contributed by atoms with Gasteiger partial charge in [0.15, 0.2) is 0 Å². The summed E-state index contributed by atoms with van der Waals surface area (Å²) in [5.41, 5.74) is 0.263. The van der Waals surface area contributed by atoms with E-state index in [1.165, 1.54) is 31.4 Å². The van der Waals surface area contributed by atoms with Gasteiger partial charge in [0.05, 0.1) is 30.8 Å². The molecule has 0 unspecified atom stereocenters. The highest BCUT2D eigenvalue weighted by Crippen LogP contribution is 2.39. The number of carbonyl (C=O) groups excluding carboxylic acids is 1. The molecule has 0 bridgehead atoms. The van der Waals surface area contributed by atoms with Crippen LogP contribution >= 0.6 is 11.6 Å². The van der Waals surface area contributed by atoms with Crippen LogP contribution in [0.3, 0.4) is 0 Å². The van der Waals surface area contributed by atoms with E-state index < -0.39 is 22.1 Å². The zero-order valence-electron chi connectivity index (χ0n) is 14.7. The Morgan fingerprint density at radius 2 is 1.96 bits per heavy atom. The molecular formula is C18H18ClNO6S. The van der Waals surface area contributed by atoms with Gasteiger partial charge in [-0.1, -0.05) is 11.6 Å². The van der Waals surface area contributed by atoms with Crippen LogP contribution in [0.5, 0.6) is 11.5 Å². The number of sulfonamides is 1. The van der Waals surface area contributed by atoms with Crippen LogP contribution in [0.4, 0.5) is 5.69 Å². The molecule has 1 aliphatic heterocycles. The third-order valence-electron chi connectivity index (χ3n) is 3.99. The summed E-state index contributed by atoms with van der Waals surface area (Å²) < 4.78 is 43.3. The monoisotopic (exact) mass is 411 g/mol. The number of methoxy groups -OCH3 is 1. The van der Waals surface area contributed by atoms with E-state index in [9.17, 15) is 13.2 Å². The second kappa shape index (κ2) is 7.66. The highest BCUT2D eigenvalue weighted by molar-refractivity contribution is 7.92. The van der Waals surface area contributed by atoms with Crippen LogP contribution in [-0.4, -0.2) is 40.8 Å². The van der Waals surface area contributed by atoms with Gasteiger partial charge in [-0.2, -0.15) is 0 Å². The quantitative estimate of drug-likeness (QED) is 0.703. The SMILES string of the molecule is CCOC(=O)[C@H]1CN(S(=O)(=O)c2ccc(OC)cc2)c2cc(Cl)ccc2O1. The molecule has 3 rings (SSSR count). The molecular weight excluding hydrogens is 394 g/mol. The minimum atomic E-state index is -3.97. The van der Waals surface area contributed by atoms with Crippen LogP contribution < -0.4 is 13.8 Å². The Labute approximate surface area is 162 Å². The number of rotatable bonds is 5. The van der Waals surface area contributed by atoms with Gasteiger partial charge >= 0.3 is 5.97 Å². The van der Waals surface area contributed by atoms with Gasteiger partial charge < -0.3 is 14.2 Å². The normalized spacial score (nSPS) is 16.3. The molecule has 2 aromatic carbocycles. The van der Waals surface area contributed by atoms with E-state index in [1.807, 2.05) is 0 Å². The smallest absolute Gasteiger partial charge is 0.349 e. The molecule has 0 N–H and O–H groups in total. The number of ether oxygens (including phenoxy) is 3. The van der Waals surface area contributed by atoms with Gasteiger partial charge in [0.2, 0.25) is 6.10 Å². The molecule has 0 spiro atoms. The zero-order chi connectivity index (χ0) is 19.6. The zero-order valence-corrected chi connectivity index (χ0v) is 16.3. The first-order valence-corrected chi connectivity index (χ1v) is 9.98. The molecule has 0 saturated heterocycles. The molecule has 1 atom stereocenters. The standard InChI is InChI=1S/C18H18ClNO6S/c1-3-25-18(21)17-11-20(15-10-12(19)4-9-16(15)26-17)27(22,23)14-7-5-13(24-2)6-8-14/h4-10,17H,3,11H2,1-2H3/t17-/m1/s1. The summed E-state index contributed by atoms with van der Waals surface area (Å²) >= 11 is 6.04. The van der Waals surface area contributed by atoms with Crippen molar-refractivity contribution in [2.45, 2.75) is 17.9 Å². The summed E-state index contributed by atoms with van der Waals surface area (Å²) in [6, 6.07) is 10.6. The third kappa shape index (κ3) is 3.81. The van der Waals surface area contributed by atoms with Crippen molar-refractivity contribution < 1.29 is 27.4 Å². The molecule has 1 aliphatic rings. The number of benzene rings is 2. The number of fused-ring (bicyclic) bond motifs is 1. The van der Waals surface area contributed by atoms with Crippen LogP contribution in [0.2, 0.25) is 5.02 Å². The predicted octanol–water partition coefficient (Wildman–Crippen LogP) is 2.87. The van der Waals surface area contributed by atoms with E-state index in [2.05, 4.69) is 0 Å². The van der Waals surface area contributed by atoms with Gasteiger partial charge in [0, 0.05) is 5.02 Å². The first-order valence-electron chi connectivity index (χ1n) is 8.16. The van der Waals surface area contributed by atoms with Crippen LogP contribution in [0.25, 0.3) is 0 Å². The number of hydrogen-bond acceptors (Lipinski definition) is 6. The van der Waals surface area contributed by atoms with Crippen molar-refractivity contribution in [1.82, 2.24) is 0 Å². The summed E-state index contributed by atoms with van der Waals surface area (Å²) in [5, 5.41) is 0.349. The lowest BCUT2D eigenvalue weighted by Crippen LogP contribution is -2.47. The second-order valence-electron chi connectivity index (χ2n) is 5.68. The van der Waals surface area contributed by atoms with E-state index in [0.29, 0.717) is 10.8 Å². The molecule has 0 saturated carbocycles. The Hall–Kier alpha value is -2.45. The summed E-state index contributed by atoms with van der Waals surface area (Å²) in [5.74, 6) is 0.137. The van der Waals surface area contributed by atoms with Crippen molar-refractivity contribution in [2.24, 2.45) is 0 Å². The fourth-order valence-corrected chi connectivity index (χ4v) is 4.32. The second-order valence-corrected chi connectivity index (χ2v) is 7.98. The maximum absolute atomic E-state index is 13.2. The van der Waals surface area contributed by atoms with Crippen molar-refractivity contribution >= 4 is 33.3 Å². The first kappa shape index (κ1) is 19.3. The average molecular weight is 412 g/mol. The Balaban J connectivity index is 2.05. The summed E-state index contributed by atoms with van der Waals surface area (Å²) in [6.07, 6.45) is -1.08. The van der Waals surface area contributed by atoms with Crippen molar-refractivity contribution in [3.05, 3.63) is 47.5 Å². The molecule has 9 heteroatoms. The highest BCUT2D eigenvalue weighted by Gasteiger charge is 2.38. The number of esters is 1. The van der Waals surface area contributed by atoms with Crippen LogP contribution in [0, 0.1) is 0 Å². The minimum absolute atomic E-state index is 0.0544. The predicted molar refractivity (Wildman–Crippen MR) is 100 cm³/mol. The number of nitrogens with zero attached hydrogens (tertiary/aromatic N) is 1. The van der Waals surface area contributed by atoms with E-state index >= 15 is 0 Å². The fourth-order valence-electron chi connectivity index (χ4n) is 2.68.